The number of rotatable bonds is 7. The molecule has 0 spiro atoms. The van der Waals surface area contributed by atoms with Crippen LogP contribution in [0.2, 0.25) is 0 Å². The van der Waals surface area contributed by atoms with Crippen molar-refractivity contribution >= 4 is 38.6 Å². The van der Waals surface area contributed by atoms with Gasteiger partial charge in [-0.15, -0.1) is 11.3 Å². The molecule has 1 fully saturated rings. The summed E-state index contributed by atoms with van der Waals surface area (Å²) in [6.45, 7) is 0. The maximum Gasteiger partial charge on any atom is 0.224 e. The fourth-order valence-electron chi connectivity index (χ4n) is 3.15. The minimum Gasteiger partial charge on any atom is -0.326 e. The van der Waals surface area contributed by atoms with Gasteiger partial charge in [0.05, 0.1) is 15.0 Å². The Bertz CT molecular complexity index is 882. The van der Waals surface area contributed by atoms with Crippen molar-refractivity contribution in [3.63, 3.8) is 0 Å². The van der Waals surface area contributed by atoms with Crippen molar-refractivity contribution in [1.29, 1.82) is 0 Å². The van der Waals surface area contributed by atoms with E-state index in [4.69, 9.17) is 0 Å². The largest absolute Gasteiger partial charge is 0.326 e. The molecule has 0 unspecified atom stereocenters. The summed E-state index contributed by atoms with van der Waals surface area (Å²) >= 11 is 1.36. The van der Waals surface area contributed by atoms with Crippen molar-refractivity contribution in [3.8, 4) is 0 Å². The topological polar surface area (TPSA) is 80.3 Å². The smallest absolute Gasteiger partial charge is 0.224 e. The van der Waals surface area contributed by atoms with E-state index in [0.717, 1.165) is 12.8 Å². The molecular formula is C19H21NO4S2. The molecule has 1 aliphatic carbocycles. The molecule has 0 saturated heterocycles. The van der Waals surface area contributed by atoms with Crippen molar-refractivity contribution in [2.24, 2.45) is 0 Å². The van der Waals surface area contributed by atoms with Gasteiger partial charge in [-0.3, -0.25) is 9.59 Å². The molecule has 1 aliphatic rings. The second-order valence-electron chi connectivity index (χ2n) is 6.43. The van der Waals surface area contributed by atoms with Crippen LogP contribution in [0, 0.1) is 0 Å². The zero-order chi connectivity index (χ0) is 18.6. The van der Waals surface area contributed by atoms with E-state index in [-0.39, 0.29) is 34.7 Å². The molecule has 1 aromatic carbocycles. The number of carbonyl (C=O) groups is 2. The van der Waals surface area contributed by atoms with E-state index in [0.29, 0.717) is 23.4 Å². The fraction of sp³-hybridized carbons (Fsp3) is 0.368. The number of benzene rings is 1. The molecule has 1 saturated carbocycles. The van der Waals surface area contributed by atoms with Crippen LogP contribution in [0.1, 0.15) is 48.2 Å². The number of amides is 1. The minimum atomic E-state index is -3.36. The van der Waals surface area contributed by atoms with Crippen molar-refractivity contribution in [2.45, 2.75) is 48.7 Å². The summed E-state index contributed by atoms with van der Waals surface area (Å²) in [7, 11) is -3.36. The predicted octanol–water partition coefficient (Wildman–Crippen LogP) is 4.07. The van der Waals surface area contributed by atoms with Gasteiger partial charge in [0.1, 0.15) is 0 Å². The van der Waals surface area contributed by atoms with Crippen LogP contribution in [-0.2, 0) is 14.6 Å². The highest BCUT2D eigenvalue weighted by Crippen LogP contribution is 2.30. The van der Waals surface area contributed by atoms with Gasteiger partial charge >= 0.3 is 0 Å². The van der Waals surface area contributed by atoms with Crippen LogP contribution in [-0.4, -0.2) is 25.4 Å². The highest BCUT2D eigenvalue weighted by Gasteiger charge is 2.30. The molecule has 138 valence electrons. The summed E-state index contributed by atoms with van der Waals surface area (Å²) in [6.07, 6.45) is 3.48. The average Bonchev–Trinajstić information content (AvgIpc) is 3.33. The van der Waals surface area contributed by atoms with Gasteiger partial charge in [0.15, 0.2) is 15.6 Å². The minimum absolute atomic E-state index is 0.0623. The second-order valence-corrected chi connectivity index (χ2v) is 9.60. The molecule has 1 aromatic heterocycles. The van der Waals surface area contributed by atoms with E-state index in [1.54, 1.807) is 30.3 Å². The van der Waals surface area contributed by atoms with Gasteiger partial charge in [-0.25, -0.2) is 8.42 Å². The lowest BCUT2D eigenvalue weighted by Gasteiger charge is -2.12. The normalized spacial score (nSPS) is 15.1. The summed E-state index contributed by atoms with van der Waals surface area (Å²) in [6, 6.07) is 9.91. The number of sulfone groups is 1. The maximum atomic E-state index is 12.7. The van der Waals surface area contributed by atoms with Gasteiger partial charge in [-0.2, -0.15) is 0 Å². The molecule has 0 aliphatic heterocycles. The predicted molar refractivity (Wildman–Crippen MR) is 102 cm³/mol. The van der Waals surface area contributed by atoms with Crippen LogP contribution < -0.4 is 5.32 Å². The quantitative estimate of drug-likeness (QED) is 0.722. The molecular weight excluding hydrogens is 370 g/mol. The standard InChI is InChI=1S/C19H21NO4S2/c21-17(18-9-4-12-25-18)10-11-19(22)20-14-5-3-8-16(13-14)26(23,24)15-6-1-2-7-15/h3-5,8-9,12-13,15H,1-2,6-7,10-11H2,(H,20,22). The van der Waals surface area contributed by atoms with Gasteiger partial charge in [0, 0.05) is 18.5 Å². The van der Waals surface area contributed by atoms with Crippen molar-refractivity contribution < 1.29 is 18.0 Å². The molecule has 26 heavy (non-hydrogen) atoms. The number of nitrogens with one attached hydrogen (secondary N) is 1. The molecule has 2 aromatic rings. The number of Topliss-reactive ketones (excluding diaryl/α,β-unsaturated/α-hetero) is 1. The van der Waals surface area contributed by atoms with Gasteiger partial charge < -0.3 is 5.32 Å². The monoisotopic (exact) mass is 391 g/mol. The van der Waals surface area contributed by atoms with E-state index in [9.17, 15) is 18.0 Å². The number of carbonyl (C=O) groups excluding carboxylic acids is 2. The first-order valence-corrected chi connectivity index (χ1v) is 11.1. The third kappa shape index (κ3) is 4.40. The molecule has 0 bridgehead atoms. The van der Waals surface area contributed by atoms with E-state index in [1.165, 1.54) is 17.4 Å². The Morgan fingerprint density at radius 1 is 1.08 bits per heavy atom. The summed E-state index contributed by atoms with van der Waals surface area (Å²) < 4.78 is 25.3. The highest BCUT2D eigenvalue weighted by molar-refractivity contribution is 7.92. The van der Waals surface area contributed by atoms with Crippen molar-refractivity contribution in [2.75, 3.05) is 5.32 Å². The Labute approximate surface area is 157 Å². The number of hydrogen-bond acceptors (Lipinski definition) is 5. The lowest BCUT2D eigenvalue weighted by molar-refractivity contribution is -0.116. The van der Waals surface area contributed by atoms with Crippen molar-refractivity contribution in [1.82, 2.24) is 0 Å². The second kappa shape index (κ2) is 8.14. The van der Waals surface area contributed by atoms with Crippen LogP contribution in [0.25, 0.3) is 0 Å². The zero-order valence-corrected chi connectivity index (χ0v) is 15.9. The molecule has 0 radical (unpaired) electrons. The molecule has 5 nitrogen and oxygen atoms in total. The number of ketones is 1. The first-order chi connectivity index (χ1) is 12.5. The fourth-order valence-corrected chi connectivity index (χ4v) is 5.75. The van der Waals surface area contributed by atoms with E-state index >= 15 is 0 Å². The van der Waals surface area contributed by atoms with Gasteiger partial charge in [0.2, 0.25) is 5.91 Å². The van der Waals surface area contributed by atoms with E-state index in [1.807, 2.05) is 5.38 Å². The number of hydrogen-bond donors (Lipinski definition) is 1. The third-order valence-electron chi connectivity index (χ3n) is 4.56. The Kier molecular flexibility index (Phi) is 5.88. The van der Waals surface area contributed by atoms with Gasteiger partial charge in [0.25, 0.3) is 0 Å². The zero-order valence-electron chi connectivity index (χ0n) is 14.3. The molecule has 0 atom stereocenters. The Morgan fingerprint density at radius 2 is 1.85 bits per heavy atom. The van der Waals surface area contributed by atoms with Crippen LogP contribution in [0.3, 0.4) is 0 Å². The molecule has 1 heterocycles. The van der Waals surface area contributed by atoms with Crippen LogP contribution in [0.15, 0.2) is 46.7 Å². The van der Waals surface area contributed by atoms with E-state index in [2.05, 4.69) is 5.32 Å². The Morgan fingerprint density at radius 3 is 2.54 bits per heavy atom. The lowest BCUT2D eigenvalue weighted by atomic mass is 10.2. The highest BCUT2D eigenvalue weighted by atomic mass is 32.2. The summed E-state index contributed by atoms with van der Waals surface area (Å²) in [4.78, 5) is 24.9. The SMILES string of the molecule is O=C(CCC(=O)c1cccs1)Nc1cccc(S(=O)(=O)C2CCCC2)c1. The summed E-state index contributed by atoms with van der Waals surface area (Å²) in [5, 5.41) is 4.19. The maximum absolute atomic E-state index is 12.7. The summed E-state index contributed by atoms with van der Waals surface area (Å²) in [5.41, 5.74) is 0.442. The number of anilines is 1. The first kappa shape index (κ1) is 18.8. The number of thiophene rings is 1. The van der Waals surface area contributed by atoms with Crippen LogP contribution in [0.4, 0.5) is 5.69 Å². The van der Waals surface area contributed by atoms with E-state index < -0.39 is 9.84 Å². The Balaban J connectivity index is 1.61. The third-order valence-corrected chi connectivity index (χ3v) is 7.73. The first-order valence-electron chi connectivity index (χ1n) is 8.67. The Hall–Kier alpha value is -1.99. The molecule has 3 rings (SSSR count). The van der Waals surface area contributed by atoms with Crippen LogP contribution >= 0.6 is 11.3 Å². The molecule has 7 heteroatoms. The van der Waals surface area contributed by atoms with Crippen LogP contribution in [0.5, 0.6) is 0 Å². The average molecular weight is 392 g/mol. The summed E-state index contributed by atoms with van der Waals surface area (Å²) in [5.74, 6) is -0.363. The molecule has 1 N–H and O–H groups in total. The van der Waals surface area contributed by atoms with Gasteiger partial charge in [-0.05, 0) is 42.5 Å². The molecule has 1 amide bonds. The van der Waals surface area contributed by atoms with Gasteiger partial charge in [-0.1, -0.05) is 25.0 Å². The van der Waals surface area contributed by atoms with Crippen molar-refractivity contribution in [3.05, 3.63) is 46.7 Å². The lowest BCUT2D eigenvalue weighted by Crippen LogP contribution is -2.18.